The first kappa shape index (κ1) is 16.2. The van der Waals surface area contributed by atoms with Gasteiger partial charge in [-0.1, -0.05) is 11.6 Å². The normalized spacial score (nSPS) is 29.8. The minimum atomic E-state index is 0.338. The molecule has 3 aliphatic heterocycles. The third-order valence-corrected chi connectivity index (χ3v) is 5.93. The van der Waals surface area contributed by atoms with E-state index < -0.39 is 0 Å². The first-order valence-corrected chi connectivity index (χ1v) is 9.45. The van der Waals surface area contributed by atoms with Crippen LogP contribution in [0.25, 0.3) is 0 Å². The highest BCUT2D eigenvalue weighted by Crippen LogP contribution is 2.33. The summed E-state index contributed by atoms with van der Waals surface area (Å²) in [7, 11) is 0. The first-order chi connectivity index (χ1) is 11.7. The fourth-order valence-corrected chi connectivity index (χ4v) is 4.57. The second-order valence-corrected chi connectivity index (χ2v) is 7.82. The summed E-state index contributed by atoms with van der Waals surface area (Å²) in [5, 5.41) is 4.31. The molecule has 1 aromatic rings. The van der Waals surface area contributed by atoms with Crippen LogP contribution in [0.1, 0.15) is 32.1 Å². The molecule has 5 nitrogen and oxygen atoms in total. The Morgan fingerprint density at radius 1 is 1.17 bits per heavy atom. The predicted molar refractivity (Wildman–Crippen MR) is 95.3 cm³/mol. The van der Waals surface area contributed by atoms with Gasteiger partial charge in [0.15, 0.2) is 0 Å². The molecule has 24 heavy (non-hydrogen) atoms. The van der Waals surface area contributed by atoms with Crippen molar-refractivity contribution in [2.45, 2.75) is 44.2 Å². The van der Waals surface area contributed by atoms with Crippen molar-refractivity contribution in [3.05, 3.63) is 23.4 Å². The molecule has 1 aromatic heterocycles. The molecule has 2 bridgehead atoms. The zero-order chi connectivity index (χ0) is 16.5. The Balaban J connectivity index is 1.27. The van der Waals surface area contributed by atoms with Gasteiger partial charge in [-0.15, -0.1) is 0 Å². The van der Waals surface area contributed by atoms with Crippen molar-refractivity contribution in [2.75, 3.05) is 31.1 Å². The Labute approximate surface area is 148 Å². The monoisotopic (exact) mass is 348 g/mol. The van der Waals surface area contributed by atoms with Crippen molar-refractivity contribution in [1.29, 1.82) is 0 Å². The molecule has 3 aliphatic rings. The first-order valence-electron chi connectivity index (χ1n) is 9.08. The minimum absolute atomic E-state index is 0.338. The number of fused-ring (bicyclic) bond motifs is 2. The molecular weight excluding hydrogens is 324 g/mol. The molecule has 0 aliphatic carbocycles. The average molecular weight is 349 g/mol. The number of nitrogens with one attached hydrogen (secondary N) is 1. The quantitative estimate of drug-likeness (QED) is 0.910. The Kier molecular flexibility index (Phi) is 4.63. The minimum Gasteiger partial charge on any atom is -0.353 e. The second-order valence-electron chi connectivity index (χ2n) is 7.38. The Bertz CT molecular complexity index is 573. The van der Waals surface area contributed by atoms with E-state index in [4.69, 9.17) is 11.6 Å². The molecule has 3 saturated heterocycles. The van der Waals surface area contributed by atoms with Crippen LogP contribution in [0.15, 0.2) is 18.3 Å². The average Bonchev–Trinajstić information content (AvgIpc) is 2.94. The number of halogens is 1. The zero-order valence-corrected chi connectivity index (χ0v) is 14.7. The van der Waals surface area contributed by atoms with Gasteiger partial charge < -0.3 is 15.1 Å². The molecule has 0 aromatic carbocycles. The SMILES string of the molecule is O=C(CC1CC2CCC(C1)N2)N1CCN(c2ccc(Cl)cn2)CC1. The van der Waals surface area contributed by atoms with Gasteiger partial charge in [0.2, 0.25) is 5.91 Å². The lowest BCUT2D eigenvalue weighted by atomic mass is 9.89. The standard InChI is InChI=1S/C18H25ClN4O/c19-14-1-4-17(20-12-14)22-5-7-23(8-6-22)18(24)11-13-9-15-2-3-16(10-13)21-15/h1,4,12-13,15-16,21H,2-3,5-11H2. The molecule has 2 atom stereocenters. The van der Waals surface area contributed by atoms with Crippen molar-refractivity contribution in [1.82, 2.24) is 15.2 Å². The topological polar surface area (TPSA) is 48.5 Å². The summed E-state index contributed by atoms with van der Waals surface area (Å²) in [5.41, 5.74) is 0. The number of pyridine rings is 1. The van der Waals surface area contributed by atoms with E-state index in [9.17, 15) is 4.79 Å². The number of anilines is 1. The van der Waals surface area contributed by atoms with Crippen molar-refractivity contribution in [3.63, 3.8) is 0 Å². The van der Waals surface area contributed by atoms with Crippen LogP contribution < -0.4 is 10.2 Å². The van der Waals surface area contributed by atoms with Gasteiger partial charge in [-0.3, -0.25) is 4.79 Å². The van der Waals surface area contributed by atoms with Crippen molar-refractivity contribution in [3.8, 4) is 0 Å². The highest BCUT2D eigenvalue weighted by atomic mass is 35.5. The molecule has 4 rings (SSSR count). The van der Waals surface area contributed by atoms with Gasteiger partial charge in [-0.05, 0) is 43.7 Å². The maximum absolute atomic E-state index is 12.6. The number of carbonyl (C=O) groups is 1. The van der Waals surface area contributed by atoms with E-state index in [1.807, 2.05) is 17.0 Å². The Hall–Kier alpha value is -1.33. The summed E-state index contributed by atoms with van der Waals surface area (Å²) >= 11 is 5.89. The van der Waals surface area contributed by atoms with Crippen LogP contribution in [0.4, 0.5) is 5.82 Å². The molecule has 1 amide bonds. The number of carbonyl (C=O) groups excluding carboxylic acids is 1. The fraction of sp³-hybridized carbons (Fsp3) is 0.667. The molecular formula is C18H25ClN4O. The third kappa shape index (κ3) is 3.52. The summed E-state index contributed by atoms with van der Waals surface area (Å²) in [6.45, 7) is 3.28. The lowest BCUT2D eigenvalue weighted by molar-refractivity contribution is -0.132. The zero-order valence-electron chi connectivity index (χ0n) is 14.0. The van der Waals surface area contributed by atoms with Crippen LogP contribution in [0.2, 0.25) is 5.02 Å². The highest BCUT2D eigenvalue weighted by molar-refractivity contribution is 6.30. The van der Waals surface area contributed by atoms with Gasteiger partial charge in [-0.25, -0.2) is 4.98 Å². The molecule has 4 heterocycles. The summed E-state index contributed by atoms with van der Waals surface area (Å²) < 4.78 is 0. The number of hydrogen-bond donors (Lipinski definition) is 1. The number of piperazine rings is 1. The molecule has 6 heteroatoms. The fourth-order valence-electron chi connectivity index (χ4n) is 4.46. The highest BCUT2D eigenvalue weighted by Gasteiger charge is 2.35. The molecule has 3 fully saturated rings. The van der Waals surface area contributed by atoms with Crippen molar-refractivity contribution < 1.29 is 4.79 Å². The van der Waals surface area contributed by atoms with Gasteiger partial charge in [0.25, 0.3) is 0 Å². The largest absolute Gasteiger partial charge is 0.353 e. The molecule has 1 N–H and O–H groups in total. The maximum Gasteiger partial charge on any atom is 0.222 e. The van der Waals surface area contributed by atoms with E-state index in [1.54, 1.807) is 6.20 Å². The number of aromatic nitrogens is 1. The molecule has 0 radical (unpaired) electrons. The van der Waals surface area contributed by atoms with Crippen LogP contribution in [0.5, 0.6) is 0 Å². The van der Waals surface area contributed by atoms with Crippen LogP contribution in [-0.4, -0.2) is 54.1 Å². The van der Waals surface area contributed by atoms with Crippen molar-refractivity contribution in [2.24, 2.45) is 5.92 Å². The lowest BCUT2D eigenvalue weighted by Gasteiger charge is -2.37. The Morgan fingerprint density at radius 3 is 2.50 bits per heavy atom. The van der Waals surface area contributed by atoms with E-state index in [0.29, 0.717) is 28.9 Å². The number of piperidine rings is 1. The predicted octanol–water partition coefficient (Wildman–Crippen LogP) is 2.30. The van der Waals surface area contributed by atoms with Gasteiger partial charge in [-0.2, -0.15) is 0 Å². The third-order valence-electron chi connectivity index (χ3n) is 5.70. The smallest absolute Gasteiger partial charge is 0.222 e. The van der Waals surface area contributed by atoms with E-state index in [2.05, 4.69) is 15.2 Å². The molecule has 0 spiro atoms. The Morgan fingerprint density at radius 2 is 1.88 bits per heavy atom. The number of hydrogen-bond acceptors (Lipinski definition) is 4. The van der Waals surface area contributed by atoms with Crippen LogP contribution >= 0.6 is 11.6 Å². The van der Waals surface area contributed by atoms with Crippen molar-refractivity contribution >= 4 is 23.3 Å². The number of amides is 1. The molecule has 2 unspecified atom stereocenters. The summed E-state index contributed by atoms with van der Waals surface area (Å²) in [6.07, 6.45) is 7.35. The summed E-state index contributed by atoms with van der Waals surface area (Å²) in [5.74, 6) is 1.86. The molecule has 0 saturated carbocycles. The number of nitrogens with zero attached hydrogens (tertiary/aromatic N) is 3. The van der Waals surface area contributed by atoms with Crippen LogP contribution in [0, 0.1) is 5.92 Å². The summed E-state index contributed by atoms with van der Waals surface area (Å²) in [6, 6.07) is 5.14. The second kappa shape index (κ2) is 6.89. The van der Waals surface area contributed by atoms with Gasteiger partial charge in [0.05, 0.1) is 5.02 Å². The maximum atomic E-state index is 12.6. The van der Waals surface area contributed by atoms with E-state index in [-0.39, 0.29) is 0 Å². The van der Waals surface area contributed by atoms with Crippen LogP contribution in [0.3, 0.4) is 0 Å². The lowest BCUT2D eigenvalue weighted by Crippen LogP contribution is -2.49. The van der Waals surface area contributed by atoms with Gasteiger partial charge in [0, 0.05) is 50.9 Å². The number of rotatable bonds is 3. The van der Waals surface area contributed by atoms with Gasteiger partial charge >= 0.3 is 0 Å². The van der Waals surface area contributed by atoms with E-state index in [1.165, 1.54) is 25.7 Å². The molecule has 130 valence electrons. The van der Waals surface area contributed by atoms with E-state index >= 15 is 0 Å². The van der Waals surface area contributed by atoms with E-state index in [0.717, 1.165) is 38.4 Å². The van der Waals surface area contributed by atoms with Crippen LogP contribution in [-0.2, 0) is 4.79 Å². The summed E-state index contributed by atoms with van der Waals surface area (Å²) in [4.78, 5) is 21.3. The van der Waals surface area contributed by atoms with Gasteiger partial charge in [0.1, 0.15) is 5.82 Å².